The second kappa shape index (κ2) is 12.0. The quantitative estimate of drug-likeness (QED) is 0.175. The van der Waals surface area contributed by atoms with Crippen LogP contribution < -0.4 is 27.4 Å². The summed E-state index contributed by atoms with van der Waals surface area (Å²) in [5.41, 5.74) is 10.6. The molecule has 0 saturated carbocycles. The Labute approximate surface area is 168 Å². The molecule has 4 amide bonds. The fourth-order valence-electron chi connectivity index (χ4n) is 2.20. The van der Waals surface area contributed by atoms with Gasteiger partial charge in [-0.3, -0.25) is 24.0 Å². The zero-order chi connectivity index (χ0) is 22.9. The summed E-state index contributed by atoms with van der Waals surface area (Å²) >= 11 is 0. The van der Waals surface area contributed by atoms with Crippen LogP contribution in [0, 0.1) is 5.92 Å². The fourth-order valence-corrected chi connectivity index (χ4v) is 2.20. The topological polar surface area (TPSA) is 214 Å². The zero-order valence-electron chi connectivity index (χ0n) is 17.0. The lowest BCUT2D eigenvalue weighted by molar-refractivity contribution is -0.142. The molecule has 0 aliphatic heterocycles. The summed E-state index contributed by atoms with van der Waals surface area (Å²) in [4.78, 5) is 59.0. The van der Waals surface area contributed by atoms with Gasteiger partial charge in [0.05, 0.1) is 6.10 Å². The Bertz CT molecular complexity index is 623. The fraction of sp³-hybridized carbons (Fsp3) is 0.706. The minimum atomic E-state index is -1.28. The monoisotopic (exact) mass is 417 g/mol. The van der Waals surface area contributed by atoms with E-state index in [1.807, 2.05) is 0 Å². The van der Waals surface area contributed by atoms with Crippen molar-refractivity contribution in [2.75, 3.05) is 0 Å². The summed E-state index contributed by atoms with van der Waals surface area (Å²) in [6, 6.07) is -4.82. The van der Waals surface area contributed by atoms with Gasteiger partial charge in [0.2, 0.25) is 23.6 Å². The number of nitrogens with two attached hydrogens (primary N) is 2. The number of carbonyl (C=O) groups is 5. The molecular weight excluding hydrogens is 386 g/mol. The number of aliphatic carboxylic acids is 1. The summed E-state index contributed by atoms with van der Waals surface area (Å²) in [7, 11) is 0. The number of carbonyl (C=O) groups excluding carboxylic acids is 4. The van der Waals surface area contributed by atoms with E-state index in [2.05, 4.69) is 16.0 Å². The summed E-state index contributed by atoms with van der Waals surface area (Å²) in [5, 5.41) is 25.4. The van der Waals surface area contributed by atoms with Gasteiger partial charge in [0.15, 0.2) is 0 Å². The van der Waals surface area contributed by atoms with Gasteiger partial charge in [-0.25, -0.2) is 0 Å². The van der Waals surface area contributed by atoms with Crippen LogP contribution in [0.3, 0.4) is 0 Å². The maximum atomic E-state index is 12.7. The number of nitrogens with one attached hydrogen (secondary N) is 3. The molecule has 0 saturated heterocycles. The Kier molecular flexibility index (Phi) is 10.8. The van der Waals surface area contributed by atoms with E-state index in [4.69, 9.17) is 16.6 Å². The highest BCUT2D eigenvalue weighted by atomic mass is 16.4. The Morgan fingerprint density at radius 2 is 1.45 bits per heavy atom. The molecule has 0 rings (SSSR count). The normalized spacial score (nSPS) is 16.1. The minimum Gasteiger partial charge on any atom is -0.480 e. The lowest BCUT2D eigenvalue weighted by Gasteiger charge is -2.27. The molecule has 0 aromatic rings. The molecule has 0 aromatic carbocycles. The van der Waals surface area contributed by atoms with Crippen molar-refractivity contribution < 1.29 is 34.2 Å². The van der Waals surface area contributed by atoms with Crippen LogP contribution in [0.4, 0.5) is 0 Å². The SMILES string of the molecule is CC(NC(=O)C(CCC(N)=O)NC(=O)C(NC(=O)C(N)C(C)O)C(C)C)C(=O)O. The third-order valence-electron chi connectivity index (χ3n) is 4.11. The molecular formula is C17H31N5O7. The molecule has 12 nitrogen and oxygen atoms in total. The van der Waals surface area contributed by atoms with Gasteiger partial charge in [0.25, 0.3) is 0 Å². The van der Waals surface area contributed by atoms with E-state index in [9.17, 15) is 29.1 Å². The van der Waals surface area contributed by atoms with Crippen molar-refractivity contribution in [2.24, 2.45) is 17.4 Å². The van der Waals surface area contributed by atoms with Crippen LogP contribution in [-0.2, 0) is 24.0 Å². The van der Waals surface area contributed by atoms with Gasteiger partial charge in [-0.2, -0.15) is 0 Å². The Morgan fingerprint density at radius 3 is 1.86 bits per heavy atom. The number of primary amides is 1. The number of carboxylic acid groups (broad SMARTS) is 1. The first-order chi connectivity index (χ1) is 13.3. The number of aliphatic hydroxyl groups excluding tert-OH is 1. The molecule has 0 bridgehead atoms. The third kappa shape index (κ3) is 9.34. The molecule has 166 valence electrons. The number of hydrogen-bond donors (Lipinski definition) is 7. The van der Waals surface area contributed by atoms with E-state index in [1.54, 1.807) is 13.8 Å². The first-order valence-corrected chi connectivity index (χ1v) is 9.13. The Morgan fingerprint density at radius 1 is 0.897 bits per heavy atom. The number of amides is 4. The number of aliphatic hydroxyl groups is 1. The molecule has 0 aliphatic rings. The van der Waals surface area contributed by atoms with Crippen LogP contribution >= 0.6 is 0 Å². The first kappa shape index (κ1) is 26.3. The van der Waals surface area contributed by atoms with Gasteiger partial charge in [-0.05, 0) is 26.2 Å². The average Bonchev–Trinajstić information content (AvgIpc) is 2.60. The van der Waals surface area contributed by atoms with Crippen LogP contribution in [0.15, 0.2) is 0 Å². The predicted molar refractivity (Wildman–Crippen MR) is 102 cm³/mol. The highest BCUT2D eigenvalue weighted by molar-refractivity contribution is 5.94. The van der Waals surface area contributed by atoms with Crippen LogP contribution in [0.1, 0.15) is 40.5 Å². The van der Waals surface area contributed by atoms with Crippen molar-refractivity contribution in [3.8, 4) is 0 Å². The molecule has 0 radical (unpaired) electrons. The van der Waals surface area contributed by atoms with Crippen LogP contribution in [0.25, 0.3) is 0 Å². The van der Waals surface area contributed by atoms with Gasteiger partial charge < -0.3 is 37.6 Å². The van der Waals surface area contributed by atoms with Crippen molar-refractivity contribution in [2.45, 2.75) is 70.8 Å². The van der Waals surface area contributed by atoms with Crippen LogP contribution in [0.2, 0.25) is 0 Å². The molecule has 0 heterocycles. The Balaban J connectivity index is 5.34. The molecule has 9 N–H and O–H groups in total. The average molecular weight is 417 g/mol. The van der Waals surface area contributed by atoms with Gasteiger partial charge in [0.1, 0.15) is 24.2 Å². The summed E-state index contributed by atoms with van der Waals surface area (Å²) < 4.78 is 0. The number of hydrogen-bond acceptors (Lipinski definition) is 7. The highest BCUT2D eigenvalue weighted by Crippen LogP contribution is 2.06. The molecule has 5 atom stereocenters. The number of carboxylic acids is 1. The summed E-state index contributed by atoms with van der Waals surface area (Å²) in [6.07, 6.45) is -1.53. The molecule has 12 heteroatoms. The summed E-state index contributed by atoms with van der Waals surface area (Å²) in [5.74, 6) is -4.70. The van der Waals surface area contributed by atoms with E-state index in [-0.39, 0.29) is 12.8 Å². The molecule has 29 heavy (non-hydrogen) atoms. The lowest BCUT2D eigenvalue weighted by atomic mass is 10.0. The van der Waals surface area contributed by atoms with Crippen molar-refractivity contribution in [1.82, 2.24) is 16.0 Å². The van der Waals surface area contributed by atoms with Crippen LogP contribution in [-0.4, -0.2) is 70.1 Å². The standard InChI is InChI=1S/C17H31N5O7/c1-7(2)13(22-15(26)12(19)9(4)23)16(27)21-10(5-6-11(18)24)14(25)20-8(3)17(28)29/h7-10,12-13,23H,5-6,19H2,1-4H3,(H2,18,24)(H,20,25)(H,21,27)(H,22,26)(H,28,29). The van der Waals surface area contributed by atoms with Crippen molar-refractivity contribution in [3.63, 3.8) is 0 Å². The molecule has 0 spiro atoms. The number of rotatable bonds is 12. The zero-order valence-corrected chi connectivity index (χ0v) is 17.0. The van der Waals surface area contributed by atoms with E-state index >= 15 is 0 Å². The molecule has 5 unspecified atom stereocenters. The van der Waals surface area contributed by atoms with E-state index < -0.39 is 65.8 Å². The van der Waals surface area contributed by atoms with E-state index in [0.717, 1.165) is 0 Å². The van der Waals surface area contributed by atoms with Crippen LogP contribution in [0.5, 0.6) is 0 Å². The van der Waals surface area contributed by atoms with Crippen molar-refractivity contribution in [1.29, 1.82) is 0 Å². The summed E-state index contributed by atoms with van der Waals surface area (Å²) in [6.45, 7) is 5.84. The minimum absolute atomic E-state index is 0.162. The molecule has 0 aliphatic carbocycles. The predicted octanol–water partition coefficient (Wildman–Crippen LogP) is -2.83. The Hall–Kier alpha value is -2.73. The second-order valence-corrected chi connectivity index (χ2v) is 7.13. The maximum Gasteiger partial charge on any atom is 0.325 e. The third-order valence-corrected chi connectivity index (χ3v) is 4.11. The largest absolute Gasteiger partial charge is 0.480 e. The second-order valence-electron chi connectivity index (χ2n) is 7.13. The lowest BCUT2D eigenvalue weighted by Crippen LogP contribution is -2.59. The smallest absolute Gasteiger partial charge is 0.325 e. The van der Waals surface area contributed by atoms with Crippen molar-refractivity contribution in [3.05, 3.63) is 0 Å². The van der Waals surface area contributed by atoms with E-state index in [1.165, 1.54) is 13.8 Å². The van der Waals surface area contributed by atoms with Gasteiger partial charge >= 0.3 is 5.97 Å². The highest BCUT2D eigenvalue weighted by Gasteiger charge is 2.31. The molecule has 0 aromatic heterocycles. The van der Waals surface area contributed by atoms with Gasteiger partial charge in [-0.1, -0.05) is 13.8 Å². The molecule has 0 fully saturated rings. The maximum absolute atomic E-state index is 12.7. The van der Waals surface area contributed by atoms with Gasteiger partial charge in [-0.15, -0.1) is 0 Å². The van der Waals surface area contributed by atoms with Gasteiger partial charge in [0, 0.05) is 6.42 Å². The first-order valence-electron chi connectivity index (χ1n) is 9.13. The van der Waals surface area contributed by atoms with Crippen molar-refractivity contribution >= 4 is 29.6 Å². The van der Waals surface area contributed by atoms with E-state index in [0.29, 0.717) is 0 Å².